The second-order valence-electron chi connectivity index (χ2n) is 6.63. The van der Waals surface area contributed by atoms with Crippen molar-refractivity contribution in [3.8, 4) is 0 Å². The van der Waals surface area contributed by atoms with Gasteiger partial charge in [-0.1, -0.05) is 12.1 Å². The third kappa shape index (κ3) is 3.55. The molecule has 128 valence electrons. The molecular weight excluding hydrogens is 338 g/mol. The Hall–Kier alpha value is -1.24. The fraction of sp³-hybridized carbons (Fsp3) is 0.556. The molecule has 1 aromatic carbocycles. The van der Waals surface area contributed by atoms with Crippen molar-refractivity contribution < 1.29 is 4.74 Å². The first-order chi connectivity index (χ1) is 11.8. The molecule has 0 radical (unpaired) electrons. The van der Waals surface area contributed by atoms with Gasteiger partial charge in [-0.2, -0.15) is 0 Å². The van der Waals surface area contributed by atoms with Gasteiger partial charge in [0, 0.05) is 32.2 Å². The fourth-order valence-corrected chi connectivity index (χ4v) is 4.89. The van der Waals surface area contributed by atoms with E-state index in [0.717, 1.165) is 43.3 Å². The molecule has 2 atom stereocenters. The maximum atomic E-state index is 5.67. The first-order valence-corrected chi connectivity index (χ1v) is 10.0. The van der Waals surface area contributed by atoms with Crippen LogP contribution in [0.1, 0.15) is 36.6 Å². The maximum Gasteiger partial charge on any atom is 0.169 e. The first kappa shape index (κ1) is 16.2. The highest BCUT2D eigenvalue weighted by Crippen LogP contribution is 2.32. The second kappa shape index (κ2) is 7.33. The van der Waals surface area contributed by atoms with Crippen molar-refractivity contribution in [3.05, 3.63) is 29.3 Å². The Morgan fingerprint density at radius 2 is 2.25 bits per heavy atom. The minimum absolute atomic E-state index is 0.327. The van der Waals surface area contributed by atoms with E-state index in [2.05, 4.69) is 34.5 Å². The molecule has 0 saturated carbocycles. The molecule has 0 aliphatic carbocycles. The van der Waals surface area contributed by atoms with Gasteiger partial charge in [0.15, 0.2) is 5.11 Å². The number of benzene rings is 1. The summed E-state index contributed by atoms with van der Waals surface area (Å²) in [5, 5.41) is 5.53. The Morgan fingerprint density at radius 1 is 1.33 bits per heavy atom. The topological polar surface area (TPSA) is 37.4 Å². The smallest absolute Gasteiger partial charge is 0.169 e. The number of hydrogen-bond donors (Lipinski definition) is 1. The Kier molecular flexibility index (Phi) is 4.96. The van der Waals surface area contributed by atoms with E-state index < -0.39 is 0 Å². The molecule has 2 aliphatic rings. The molecule has 1 N–H and O–H groups in total. The maximum absolute atomic E-state index is 5.67. The number of para-hydroxylation sites is 1. The van der Waals surface area contributed by atoms with E-state index in [4.69, 9.17) is 21.9 Å². The SMILES string of the molecule is S=C(NC[C@H]1CCCO1)N1CCC[C@H](c2nc3ccccc3s2)C1. The molecular formula is C18H23N3OS2. The Bertz CT molecular complexity index is 678. The predicted octanol–water partition coefficient (Wildman–Crippen LogP) is 3.53. The van der Waals surface area contributed by atoms with E-state index in [9.17, 15) is 0 Å². The highest BCUT2D eigenvalue weighted by molar-refractivity contribution is 7.80. The van der Waals surface area contributed by atoms with E-state index in [0.29, 0.717) is 12.0 Å². The third-order valence-corrected chi connectivity index (χ3v) is 6.47. The molecule has 6 heteroatoms. The molecule has 2 saturated heterocycles. The highest BCUT2D eigenvalue weighted by atomic mass is 32.1. The lowest BCUT2D eigenvalue weighted by Gasteiger charge is -2.34. The van der Waals surface area contributed by atoms with Crippen molar-refractivity contribution in [1.29, 1.82) is 0 Å². The van der Waals surface area contributed by atoms with Crippen molar-refractivity contribution in [2.24, 2.45) is 0 Å². The van der Waals surface area contributed by atoms with Crippen LogP contribution in [0.25, 0.3) is 10.2 Å². The van der Waals surface area contributed by atoms with Gasteiger partial charge in [-0.25, -0.2) is 4.98 Å². The molecule has 24 heavy (non-hydrogen) atoms. The summed E-state index contributed by atoms with van der Waals surface area (Å²) in [5.41, 5.74) is 1.12. The van der Waals surface area contributed by atoms with Crippen LogP contribution in [0.5, 0.6) is 0 Å². The zero-order chi connectivity index (χ0) is 16.4. The van der Waals surface area contributed by atoms with Crippen LogP contribution in [0.15, 0.2) is 24.3 Å². The molecule has 4 nitrogen and oxygen atoms in total. The minimum Gasteiger partial charge on any atom is -0.376 e. The van der Waals surface area contributed by atoms with Crippen LogP contribution < -0.4 is 5.32 Å². The lowest BCUT2D eigenvalue weighted by Crippen LogP contribution is -2.46. The lowest BCUT2D eigenvalue weighted by molar-refractivity contribution is 0.113. The number of piperidine rings is 1. The summed E-state index contributed by atoms with van der Waals surface area (Å²) >= 11 is 7.45. The summed E-state index contributed by atoms with van der Waals surface area (Å²) in [6.45, 7) is 3.74. The number of likely N-dealkylation sites (tertiary alicyclic amines) is 1. The van der Waals surface area contributed by atoms with E-state index in [-0.39, 0.29) is 0 Å². The number of fused-ring (bicyclic) bond motifs is 1. The van der Waals surface area contributed by atoms with Crippen LogP contribution in [0.3, 0.4) is 0 Å². The summed E-state index contributed by atoms with van der Waals surface area (Å²) in [7, 11) is 0. The number of aromatic nitrogens is 1. The number of nitrogens with one attached hydrogen (secondary N) is 1. The van der Waals surface area contributed by atoms with Crippen LogP contribution >= 0.6 is 23.6 Å². The predicted molar refractivity (Wildman–Crippen MR) is 103 cm³/mol. The minimum atomic E-state index is 0.327. The largest absolute Gasteiger partial charge is 0.376 e. The molecule has 0 amide bonds. The van der Waals surface area contributed by atoms with Gasteiger partial charge in [0.05, 0.1) is 21.3 Å². The van der Waals surface area contributed by atoms with Crippen molar-refractivity contribution in [2.45, 2.75) is 37.7 Å². The molecule has 2 fully saturated rings. The number of nitrogens with zero attached hydrogens (tertiary/aromatic N) is 2. The van der Waals surface area contributed by atoms with Gasteiger partial charge >= 0.3 is 0 Å². The number of thiazole rings is 1. The van der Waals surface area contributed by atoms with E-state index >= 15 is 0 Å². The van der Waals surface area contributed by atoms with Gasteiger partial charge in [0.25, 0.3) is 0 Å². The Labute approximate surface area is 152 Å². The summed E-state index contributed by atoms with van der Waals surface area (Å²) in [6, 6.07) is 8.40. The summed E-state index contributed by atoms with van der Waals surface area (Å²) < 4.78 is 6.95. The molecule has 0 bridgehead atoms. The van der Waals surface area contributed by atoms with Gasteiger partial charge in [-0.05, 0) is 50.0 Å². The van der Waals surface area contributed by atoms with Crippen molar-refractivity contribution in [3.63, 3.8) is 0 Å². The third-order valence-electron chi connectivity index (χ3n) is 4.87. The van der Waals surface area contributed by atoms with Crippen molar-refractivity contribution in [2.75, 3.05) is 26.2 Å². The van der Waals surface area contributed by atoms with Gasteiger partial charge in [-0.3, -0.25) is 0 Å². The quantitative estimate of drug-likeness (QED) is 0.847. The van der Waals surface area contributed by atoms with Crippen LogP contribution in [-0.2, 0) is 4.74 Å². The molecule has 0 unspecified atom stereocenters. The summed E-state index contributed by atoms with van der Waals surface area (Å²) in [4.78, 5) is 7.16. The Morgan fingerprint density at radius 3 is 3.08 bits per heavy atom. The molecule has 4 rings (SSSR count). The molecule has 1 aromatic heterocycles. The van der Waals surface area contributed by atoms with Crippen LogP contribution in [0, 0.1) is 0 Å². The van der Waals surface area contributed by atoms with Crippen molar-refractivity contribution >= 4 is 38.9 Å². The lowest BCUT2D eigenvalue weighted by atomic mass is 9.99. The normalized spacial score (nSPS) is 24.4. The Balaban J connectivity index is 1.38. The number of rotatable bonds is 3. The van der Waals surface area contributed by atoms with Crippen LogP contribution in [0.4, 0.5) is 0 Å². The van der Waals surface area contributed by atoms with Crippen molar-refractivity contribution in [1.82, 2.24) is 15.2 Å². The van der Waals surface area contributed by atoms with Gasteiger partial charge in [0.2, 0.25) is 0 Å². The van der Waals surface area contributed by atoms with Crippen LogP contribution in [-0.4, -0.2) is 47.3 Å². The standard InChI is InChI=1S/C18H23N3OS2/c23-18(19-11-14-6-4-10-22-14)21-9-3-5-13(12-21)17-20-15-7-1-2-8-16(15)24-17/h1-2,7-8,13-14H,3-6,9-12H2,(H,19,23)/t13-,14+/m0/s1. The van der Waals surface area contributed by atoms with E-state index in [1.165, 1.54) is 29.0 Å². The summed E-state index contributed by atoms with van der Waals surface area (Å²) in [6.07, 6.45) is 5.01. The summed E-state index contributed by atoms with van der Waals surface area (Å²) in [5.74, 6) is 0.485. The second-order valence-corrected chi connectivity index (χ2v) is 8.08. The average Bonchev–Trinajstić information content (AvgIpc) is 3.29. The molecule has 2 aliphatic heterocycles. The first-order valence-electron chi connectivity index (χ1n) is 8.79. The van der Waals surface area contributed by atoms with Crippen LogP contribution in [0.2, 0.25) is 0 Å². The molecule has 0 spiro atoms. The number of hydrogen-bond acceptors (Lipinski definition) is 4. The zero-order valence-electron chi connectivity index (χ0n) is 13.7. The number of thiocarbonyl (C=S) groups is 1. The molecule has 3 heterocycles. The van der Waals surface area contributed by atoms with Gasteiger partial charge in [0.1, 0.15) is 0 Å². The fourth-order valence-electron chi connectivity index (χ4n) is 3.55. The number of ether oxygens (including phenoxy) is 1. The average molecular weight is 362 g/mol. The zero-order valence-corrected chi connectivity index (χ0v) is 15.4. The van der Waals surface area contributed by atoms with Gasteiger partial charge in [-0.15, -0.1) is 11.3 Å². The monoisotopic (exact) mass is 361 g/mol. The van der Waals surface area contributed by atoms with E-state index in [1.54, 1.807) is 0 Å². The molecule has 2 aromatic rings. The highest BCUT2D eigenvalue weighted by Gasteiger charge is 2.26. The van der Waals surface area contributed by atoms with Gasteiger partial charge < -0.3 is 15.0 Å². The van der Waals surface area contributed by atoms with E-state index in [1.807, 2.05) is 11.3 Å².